The van der Waals surface area contributed by atoms with E-state index in [2.05, 4.69) is 20.9 Å². The smallest absolute Gasteiger partial charge is 0.296 e. The van der Waals surface area contributed by atoms with Crippen molar-refractivity contribution >= 4 is 26.8 Å². The Morgan fingerprint density at radius 2 is 1.93 bits per heavy atom. The third-order valence-electron chi connectivity index (χ3n) is 2.00. The normalized spacial score (nSPS) is 10.5. The van der Waals surface area contributed by atoms with Crippen molar-refractivity contribution in [2.24, 2.45) is 0 Å². The van der Waals surface area contributed by atoms with Crippen molar-refractivity contribution in [1.82, 2.24) is 4.98 Å². The number of hydrogen-bond acceptors (Lipinski definition) is 3. The van der Waals surface area contributed by atoms with Gasteiger partial charge >= 0.3 is 0 Å². The molecule has 0 unspecified atom stereocenters. The van der Waals surface area contributed by atoms with Crippen LogP contribution in [-0.4, -0.2) is 10.1 Å². The standard InChI is InChI=1S/C10H6BrNO3/c11-5-1-2-7-6(3-5)8(13)4-9(14)10(15)12-7/h1-4,13H,(H,12,14,15). The number of aromatic amines is 1. The second kappa shape index (κ2) is 3.51. The van der Waals surface area contributed by atoms with Gasteiger partial charge in [0.1, 0.15) is 5.75 Å². The lowest BCUT2D eigenvalue weighted by molar-refractivity contribution is 0.481. The van der Waals surface area contributed by atoms with E-state index in [1.165, 1.54) is 0 Å². The Morgan fingerprint density at radius 1 is 1.20 bits per heavy atom. The zero-order chi connectivity index (χ0) is 11.0. The molecule has 0 atom stereocenters. The molecule has 0 radical (unpaired) electrons. The van der Waals surface area contributed by atoms with Crippen LogP contribution >= 0.6 is 15.9 Å². The first-order chi connectivity index (χ1) is 7.08. The van der Waals surface area contributed by atoms with Crippen LogP contribution in [0.3, 0.4) is 0 Å². The molecule has 0 saturated heterocycles. The summed E-state index contributed by atoms with van der Waals surface area (Å²) in [5.41, 5.74) is -1.09. The second-order valence-corrected chi connectivity index (χ2v) is 3.95. The minimum Gasteiger partial charge on any atom is -0.507 e. The number of benzene rings is 1. The van der Waals surface area contributed by atoms with Gasteiger partial charge in [-0.3, -0.25) is 9.59 Å². The van der Waals surface area contributed by atoms with Crippen molar-refractivity contribution < 1.29 is 5.11 Å². The van der Waals surface area contributed by atoms with Gasteiger partial charge < -0.3 is 10.1 Å². The first-order valence-corrected chi connectivity index (χ1v) is 4.93. The number of rotatable bonds is 0. The van der Waals surface area contributed by atoms with Crippen LogP contribution in [0.25, 0.3) is 10.9 Å². The van der Waals surface area contributed by atoms with E-state index in [4.69, 9.17) is 0 Å². The second-order valence-electron chi connectivity index (χ2n) is 3.04. The summed E-state index contributed by atoms with van der Waals surface area (Å²) >= 11 is 3.24. The fourth-order valence-corrected chi connectivity index (χ4v) is 1.65. The molecule has 1 aromatic carbocycles. The molecule has 76 valence electrons. The van der Waals surface area contributed by atoms with Crippen molar-refractivity contribution in [3.63, 3.8) is 0 Å². The molecular formula is C10H6BrNO3. The Kier molecular flexibility index (Phi) is 2.32. The van der Waals surface area contributed by atoms with Crippen LogP contribution in [0.1, 0.15) is 0 Å². The average Bonchev–Trinajstić information content (AvgIpc) is 2.28. The number of fused-ring (bicyclic) bond motifs is 1. The van der Waals surface area contributed by atoms with E-state index in [1.54, 1.807) is 18.2 Å². The Hall–Kier alpha value is -1.62. The number of halogens is 1. The van der Waals surface area contributed by atoms with Crippen LogP contribution in [-0.2, 0) is 0 Å². The summed E-state index contributed by atoms with van der Waals surface area (Å²) in [5, 5.41) is 10.0. The van der Waals surface area contributed by atoms with E-state index >= 15 is 0 Å². The first kappa shape index (κ1) is 9.92. The Labute approximate surface area is 92.3 Å². The molecule has 0 aliphatic heterocycles. The van der Waals surface area contributed by atoms with Gasteiger partial charge in [-0.15, -0.1) is 0 Å². The molecule has 0 aliphatic carbocycles. The summed E-state index contributed by atoms with van der Waals surface area (Å²) < 4.78 is 0.754. The lowest BCUT2D eigenvalue weighted by Gasteiger charge is -1.95. The molecule has 5 heteroatoms. The van der Waals surface area contributed by atoms with Gasteiger partial charge in [0.15, 0.2) is 0 Å². The topological polar surface area (TPSA) is 70.2 Å². The maximum atomic E-state index is 11.2. The fraction of sp³-hybridized carbons (Fsp3) is 0. The van der Waals surface area contributed by atoms with Crippen LogP contribution in [0.15, 0.2) is 38.3 Å². The highest BCUT2D eigenvalue weighted by atomic mass is 79.9. The molecule has 0 bridgehead atoms. The first-order valence-electron chi connectivity index (χ1n) is 4.14. The van der Waals surface area contributed by atoms with Crippen LogP contribution in [0, 0.1) is 0 Å². The maximum absolute atomic E-state index is 11.2. The molecular weight excluding hydrogens is 262 g/mol. The fourth-order valence-electron chi connectivity index (χ4n) is 1.29. The van der Waals surface area contributed by atoms with Gasteiger partial charge in [-0.05, 0) is 18.2 Å². The number of aromatic nitrogens is 1. The summed E-state index contributed by atoms with van der Waals surface area (Å²) in [6.07, 6.45) is 0. The van der Waals surface area contributed by atoms with Crippen LogP contribution in [0.4, 0.5) is 0 Å². The number of hydrogen-bond donors (Lipinski definition) is 2. The summed E-state index contributed by atoms with van der Waals surface area (Å²) in [6, 6.07) is 5.86. The van der Waals surface area contributed by atoms with E-state index in [1.807, 2.05) is 0 Å². The largest absolute Gasteiger partial charge is 0.507 e. The van der Waals surface area contributed by atoms with Crippen LogP contribution < -0.4 is 11.0 Å². The molecule has 0 aliphatic rings. The molecule has 4 nitrogen and oxygen atoms in total. The Bertz CT molecular complexity index is 648. The zero-order valence-corrected chi connectivity index (χ0v) is 9.04. The van der Waals surface area contributed by atoms with Crippen LogP contribution in [0.5, 0.6) is 5.75 Å². The average molecular weight is 268 g/mol. The number of nitrogens with one attached hydrogen (secondary N) is 1. The van der Waals surface area contributed by atoms with Crippen molar-refractivity contribution in [2.75, 3.05) is 0 Å². The zero-order valence-electron chi connectivity index (χ0n) is 7.45. The molecule has 2 aromatic rings. The van der Waals surface area contributed by atoms with E-state index in [0.717, 1.165) is 10.5 Å². The SMILES string of the molecule is O=c1cc(O)c2cc(Br)ccc2[nH]c1=O. The Balaban J connectivity index is 3.09. The molecule has 0 spiro atoms. The van der Waals surface area contributed by atoms with Gasteiger partial charge in [0, 0.05) is 15.9 Å². The molecule has 0 saturated carbocycles. The molecule has 1 heterocycles. The van der Waals surface area contributed by atoms with Gasteiger partial charge in [-0.25, -0.2) is 0 Å². The molecule has 15 heavy (non-hydrogen) atoms. The minimum atomic E-state index is -0.764. The predicted octanol–water partition coefficient (Wildman–Crippen LogP) is 1.36. The van der Waals surface area contributed by atoms with E-state index in [-0.39, 0.29) is 5.75 Å². The van der Waals surface area contributed by atoms with Crippen LogP contribution in [0.2, 0.25) is 0 Å². The Morgan fingerprint density at radius 3 is 2.67 bits per heavy atom. The van der Waals surface area contributed by atoms with Crippen molar-refractivity contribution in [3.8, 4) is 5.75 Å². The molecule has 0 amide bonds. The van der Waals surface area contributed by atoms with Crippen molar-refractivity contribution in [2.45, 2.75) is 0 Å². The lowest BCUT2D eigenvalue weighted by atomic mass is 10.2. The molecule has 2 rings (SSSR count). The summed E-state index contributed by atoms with van der Waals surface area (Å²) in [4.78, 5) is 24.7. The molecule has 0 fully saturated rings. The van der Waals surface area contributed by atoms with Gasteiger partial charge in [0.25, 0.3) is 5.56 Å². The third kappa shape index (κ3) is 1.78. The summed E-state index contributed by atoms with van der Waals surface area (Å²) in [7, 11) is 0. The summed E-state index contributed by atoms with van der Waals surface area (Å²) in [6.45, 7) is 0. The highest BCUT2D eigenvalue weighted by Gasteiger charge is 2.02. The minimum absolute atomic E-state index is 0.213. The number of aromatic hydroxyl groups is 1. The van der Waals surface area contributed by atoms with Crippen molar-refractivity contribution in [1.29, 1.82) is 0 Å². The van der Waals surface area contributed by atoms with E-state index < -0.39 is 11.0 Å². The molecule has 2 N–H and O–H groups in total. The number of H-pyrrole nitrogens is 1. The molecule has 1 aromatic heterocycles. The predicted molar refractivity (Wildman–Crippen MR) is 60.2 cm³/mol. The van der Waals surface area contributed by atoms with Gasteiger partial charge in [0.05, 0.1) is 5.52 Å². The third-order valence-corrected chi connectivity index (χ3v) is 2.49. The van der Waals surface area contributed by atoms with Gasteiger partial charge in [-0.1, -0.05) is 15.9 Å². The van der Waals surface area contributed by atoms with Gasteiger partial charge in [0.2, 0.25) is 5.43 Å². The van der Waals surface area contributed by atoms with Crippen molar-refractivity contribution in [3.05, 3.63) is 49.3 Å². The van der Waals surface area contributed by atoms with Gasteiger partial charge in [-0.2, -0.15) is 0 Å². The van der Waals surface area contributed by atoms with E-state index in [0.29, 0.717) is 10.9 Å². The van der Waals surface area contributed by atoms with E-state index in [9.17, 15) is 14.7 Å². The maximum Gasteiger partial charge on any atom is 0.296 e. The monoisotopic (exact) mass is 267 g/mol. The highest BCUT2D eigenvalue weighted by Crippen LogP contribution is 2.23. The quantitative estimate of drug-likeness (QED) is 0.708. The lowest BCUT2D eigenvalue weighted by Crippen LogP contribution is -2.22. The summed E-state index contributed by atoms with van der Waals surface area (Å²) in [5.74, 6) is -0.213. The highest BCUT2D eigenvalue weighted by molar-refractivity contribution is 9.10.